The summed E-state index contributed by atoms with van der Waals surface area (Å²) in [5.41, 5.74) is 0. The molecule has 0 aromatic heterocycles. The molecular weight excluding hydrogens is 174 g/mol. The van der Waals surface area contributed by atoms with Crippen molar-refractivity contribution < 1.29 is 13.5 Å². The van der Waals surface area contributed by atoms with Crippen LogP contribution in [0.4, 0.5) is 8.78 Å². The molecule has 0 N–H and O–H groups in total. The van der Waals surface area contributed by atoms with Gasteiger partial charge in [-0.1, -0.05) is 6.08 Å². The fourth-order valence-electron chi connectivity index (χ4n) is 0.840. The summed E-state index contributed by atoms with van der Waals surface area (Å²) in [4.78, 5) is 0. The molecule has 0 unspecified atom stereocenters. The van der Waals surface area contributed by atoms with Crippen molar-refractivity contribution in [3.05, 3.63) is 42.5 Å². The predicted octanol–water partition coefficient (Wildman–Crippen LogP) is 2.92. The van der Waals surface area contributed by atoms with Crippen molar-refractivity contribution in [1.29, 1.82) is 0 Å². The molecule has 70 valence electrons. The molecule has 0 spiro atoms. The number of hydrogen-bond acceptors (Lipinski definition) is 1. The highest BCUT2D eigenvalue weighted by atomic mass is 19.1. The van der Waals surface area contributed by atoms with Gasteiger partial charge in [0.25, 0.3) is 0 Å². The van der Waals surface area contributed by atoms with Crippen LogP contribution in [0, 0.1) is 11.6 Å². The number of ether oxygens (including phenoxy) is 1. The lowest BCUT2D eigenvalue weighted by molar-refractivity contribution is 0.306. The van der Waals surface area contributed by atoms with Crippen LogP contribution in [0.2, 0.25) is 0 Å². The average molecular weight is 184 g/mol. The first-order valence-corrected chi connectivity index (χ1v) is 3.93. The largest absolute Gasteiger partial charge is 0.490 e. The lowest BCUT2D eigenvalue weighted by Crippen LogP contribution is -1.98. The van der Waals surface area contributed by atoms with E-state index in [1.807, 2.05) is 0 Å². The Labute approximate surface area is 75.6 Å². The van der Waals surface area contributed by atoms with Gasteiger partial charge in [0.2, 0.25) is 0 Å². The van der Waals surface area contributed by atoms with E-state index in [1.54, 1.807) is 6.08 Å². The van der Waals surface area contributed by atoms with Gasteiger partial charge in [0.15, 0.2) is 11.6 Å². The number of benzene rings is 1. The summed E-state index contributed by atoms with van der Waals surface area (Å²) in [5, 5.41) is 0. The van der Waals surface area contributed by atoms with Gasteiger partial charge in [-0.3, -0.25) is 0 Å². The number of rotatable bonds is 4. The second-order valence-electron chi connectivity index (χ2n) is 2.50. The minimum atomic E-state index is -0.550. The molecule has 0 saturated carbocycles. The van der Waals surface area contributed by atoms with E-state index in [4.69, 9.17) is 4.74 Å². The van der Waals surface area contributed by atoms with E-state index in [1.165, 1.54) is 0 Å². The van der Waals surface area contributed by atoms with Crippen LogP contribution in [-0.4, -0.2) is 6.61 Å². The molecular formula is C10H10F2O. The summed E-state index contributed by atoms with van der Waals surface area (Å²) in [5.74, 6) is -1.11. The van der Waals surface area contributed by atoms with Crippen LogP contribution in [0.1, 0.15) is 6.42 Å². The summed E-state index contributed by atoms with van der Waals surface area (Å²) in [6.07, 6.45) is 2.26. The molecule has 0 radical (unpaired) electrons. The molecule has 0 aliphatic rings. The van der Waals surface area contributed by atoms with E-state index in [-0.39, 0.29) is 5.75 Å². The fraction of sp³-hybridized carbons (Fsp3) is 0.200. The third-order valence-electron chi connectivity index (χ3n) is 1.47. The van der Waals surface area contributed by atoms with Crippen molar-refractivity contribution in [3.8, 4) is 5.75 Å². The van der Waals surface area contributed by atoms with Gasteiger partial charge >= 0.3 is 0 Å². The van der Waals surface area contributed by atoms with Gasteiger partial charge in [-0.25, -0.2) is 8.78 Å². The van der Waals surface area contributed by atoms with Gasteiger partial charge in [-0.2, -0.15) is 0 Å². The van der Waals surface area contributed by atoms with E-state index < -0.39 is 11.6 Å². The molecule has 0 atom stereocenters. The zero-order chi connectivity index (χ0) is 9.68. The molecule has 0 aliphatic heterocycles. The molecule has 1 aromatic carbocycles. The molecule has 3 heteroatoms. The maximum Gasteiger partial charge on any atom is 0.165 e. The normalized spacial score (nSPS) is 9.69. The van der Waals surface area contributed by atoms with E-state index in [9.17, 15) is 8.78 Å². The van der Waals surface area contributed by atoms with Crippen LogP contribution in [0.5, 0.6) is 5.75 Å². The van der Waals surface area contributed by atoms with Gasteiger partial charge in [0, 0.05) is 6.07 Å². The second kappa shape index (κ2) is 4.60. The summed E-state index contributed by atoms with van der Waals surface area (Å²) in [6, 6.07) is 3.12. The molecule has 1 aromatic rings. The summed E-state index contributed by atoms with van der Waals surface area (Å²) >= 11 is 0. The maximum absolute atomic E-state index is 12.9. The topological polar surface area (TPSA) is 9.23 Å². The van der Waals surface area contributed by atoms with E-state index in [0.717, 1.165) is 18.2 Å². The van der Waals surface area contributed by atoms with Gasteiger partial charge in [0.05, 0.1) is 6.61 Å². The molecule has 0 saturated heterocycles. The molecule has 0 fully saturated rings. The average Bonchev–Trinajstić information content (AvgIpc) is 2.11. The van der Waals surface area contributed by atoms with Crippen LogP contribution < -0.4 is 4.74 Å². The Bertz CT molecular complexity index is 297. The zero-order valence-corrected chi connectivity index (χ0v) is 7.09. The number of halogens is 2. The van der Waals surface area contributed by atoms with Crippen LogP contribution in [-0.2, 0) is 0 Å². The summed E-state index contributed by atoms with van der Waals surface area (Å²) in [7, 11) is 0. The first kappa shape index (κ1) is 9.71. The molecule has 0 bridgehead atoms. The Morgan fingerprint density at radius 3 is 2.85 bits per heavy atom. The molecule has 0 heterocycles. The van der Waals surface area contributed by atoms with Crippen LogP contribution >= 0.6 is 0 Å². The lowest BCUT2D eigenvalue weighted by Gasteiger charge is -2.04. The monoisotopic (exact) mass is 184 g/mol. The quantitative estimate of drug-likeness (QED) is 0.516. The molecule has 13 heavy (non-hydrogen) atoms. The highest BCUT2D eigenvalue weighted by Gasteiger charge is 2.03. The van der Waals surface area contributed by atoms with Crippen LogP contribution in [0.15, 0.2) is 30.9 Å². The molecule has 1 rings (SSSR count). The van der Waals surface area contributed by atoms with Gasteiger partial charge in [-0.15, -0.1) is 6.58 Å². The van der Waals surface area contributed by atoms with E-state index >= 15 is 0 Å². The fourth-order valence-corrected chi connectivity index (χ4v) is 0.840. The standard InChI is InChI=1S/C10H10F2O/c1-2-3-6-13-10-7-8(11)4-5-9(10)12/h2,4-5,7H,1,3,6H2. The van der Waals surface area contributed by atoms with Gasteiger partial charge < -0.3 is 4.74 Å². The Kier molecular flexibility index (Phi) is 3.43. The first-order valence-electron chi connectivity index (χ1n) is 3.93. The van der Waals surface area contributed by atoms with Crippen molar-refractivity contribution in [3.63, 3.8) is 0 Å². The molecule has 0 aliphatic carbocycles. The smallest absolute Gasteiger partial charge is 0.165 e. The maximum atomic E-state index is 12.9. The minimum absolute atomic E-state index is 0.0538. The highest BCUT2D eigenvalue weighted by Crippen LogP contribution is 2.17. The molecule has 1 nitrogen and oxygen atoms in total. The van der Waals surface area contributed by atoms with Crippen LogP contribution in [0.3, 0.4) is 0 Å². The molecule has 0 amide bonds. The predicted molar refractivity (Wildman–Crippen MR) is 46.7 cm³/mol. The third kappa shape index (κ3) is 2.86. The third-order valence-corrected chi connectivity index (χ3v) is 1.47. The highest BCUT2D eigenvalue weighted by molar-refractivity contribution is 5.24. The summed E-state index contributed by atoms with van der Waals surface area (Å²) in [6.45, 7) is 3.79. The van der Waals surface area contributed by atoms with Crippen molar-refractivity contribution >= 4 is 0 Å². The van der Waals surface area contributed by atoms with Gasteiger partial charge in [-0.05, 0) is 18.6 Å². The second-order valence-corrected chi connectivity index (χ2v) is 2.50. The van der Waals surface area contributed by atoms with E-state index in [0.29, 0.717) is 13.0 Å². The van der Waals surface area contributed by atoms with E-state index in [2.05, 4.69) is 6.58 Å². The Hall–Kier alpha value is -1.38. The number of hydrogen-bond donors (Lipinski definition) is 0. The summed E-state index contributed by atoms with van der Waals surface area (Å²) < 4.78 is 30.4. The minimum Gasteiger partial charge on any atom is -0.490 e. The van der Waals surface area contributed by atoms with Crippen molar-refractivity contribution in [2.45, 2.75) is 6.42 Å². The Balaban J connectivity index is 2.64. The lowest BCUT2D eigenvalue weighted by atomic mass is 10.3. The first-order chi connectivity index (χ1) is 6.24. The van der Waals surface area contributed by atoms with Crippen molar-refractivity contribution in [1.82, 2.24) is 0 Å². The van der Waals surface area contributed by atoms with Gasteiger partial charge in [0.1, 0.15) is 5.82 Å². The van der Waals surface area contributed by atoms with Crippen LogP contribution in [0.25, 0.3) is 0 Å². The van der Waals surface area contributed by atoms with Crippen molar-refractivity contribution in [2.24, 2.45) is 0 Å². The SMILES string of the molecule is C=CCCOc1cc(F)ccc1F. The zero-order valence-electron chi connectivity index (χ0n) is 7.09. The van der Waals surface area contributed by atoms with Crippen molar-refractivity contribution in [2.75, 3.05) is 6.61 Å². The Morgan fingerprint density at radius 1 is 1.38 bits per heavy atom. The Morgan fingerprint density at radius 2 is 2.15 bits per heavy atom.